The molecule has 2 heteroatoms. The lowest BCUT2D eigenvalue weighted by Crippen LogP contribution is -2.36. The minimum absolute atomic E-state index is 0.402. The predicted octanol–water partition coefficient (Wildman–Crippen LogP) is 3.22. The summed E-state index contributed by atoms with van der Waals surface area (Å²) in [4.78, 5) is 0. The molecule has 1 N–H and O–H groups in total. The average molecular weight is 227 g/mol. The zero-order valence-electron chi connectivity index (χ0n) is 11.5. The van der Waals surface area contributed by atoms with Crippen LogP contribution < -0.4 is 5.32 Å². The van der Waals surface area contributed by atoms with Crippen LogP contribution in [0.15, 0.2) is 0 Å². The van der Waals surface area contributed by atoms with Gasteiger partial charge in [-0.05, 0) is 44.1 Å². The number of hydrogen-bond donors (Lipinski definition) is 1. The molecule has 0 aromatic heterocycles. The summed E-state index contributed by atoms with van der Waals surface area (Å²) in [5.41, 5.74) is 0.518. The van der Waals surface area contributed by atoms with E-state index in [0.717, 1.165) is 12.5 Å². The number of hydrogen-bond acceptors (Lipinski definition) is 2. The lowest BCUT2D eigenvalue weighted by molar-refractivity contribution is 0.0647. The molecule has 0 bridgehead atoms. The Morgan fingerprint density at radius 2 is 1.81 bits per heavy atom. The van der Waals surface area contributed by atoms with Gasteiger partial charge in [-0.25, -0.2) is 0 Å². The van der Waals surface area contributed by atoms with Crippen molar-refractivity contribution in [3.8, 4) is 0 Å². The Kier molecular flexibility index (Phi) is 5.77. The monoisotopic (exact) mass is 227 g/mol. The van der Waals surface area contributed by atoms with Crippen molar-refractivity contribution in [2.45, 2.75) is 59.0 Å². The summed E-state index contributed by atoms with van der Waals surface area (Å²) in [5, 5.41) is 3.64. The Morgan fingerprint density at radius 3 is 2.31 bits per heavy atom. The summed E-state index contributed by atoms with van der Waals surface area (Å²) < 4.78 is 5.44. The molecule has 0 spiro atoms. The highest BCUT2D eigenvalue weighted by molar-refractivity contribution is 4.88. The summed E-state index contributed by atoms with van der Waals surface area (Å²) in [6.45, 7) is 9.06. The second-order valence-corrected chi connectivity index (χ2v) is 5.98. The van der Waals surface area contributed by atoms with Gasteiger partial charge in [-0.3, -0.25) is 0 Å². The highest BCUT2D eigenvalue weighted by atomic mass is 16.5. The molecule has 96 valence electrons. The molecule has 1 aliphatic carbocycles. The molecule has 2 nitrogen and oxygen atoms in total. The molecule has 1 unspecified atom stereocenters. The lowest BCUT2D eigenvalue weighted by atomic mass is 9.80. The summed E-state index contributed by atoms with van der Waals surface area (Å²) in [5.74, 6) is 0.748. The highest BCUT2D eigenvalue weighted by Gasteiger charge is 2.34. The number of nitrogens with one attached hydrogen (secondary N) is 1. The largest absolute Gasteiger partial charge is 0.382 e. The molecule has 1 fully saturated rings. The van der Waals surface area contributed by atoms with Crippen LogP contribution in [-0.4, -0.2) is 26.3 Å². The third-order valence-corrected chi connectivity index (χ3v) is 3.84. The second kappa shape index (κ2) is 6.61. The molecular formula is C14H29NO. The van der Waals surface area contributed by atoms with Gasteiger partial charge in [0.25, 0.3) is 0 Å². The molecule has 0 heterocycles. The lowest BCUT2D eigenvalue weighted by Gasteiger charge is -2.32. The van der Waals surface area contributed by atoms with E-state index >= 15 is 0 Å². The highest BCUT2D eigenvalue weighted by Crippen LogP contribution is 2.41. The van der Waals surface area contributed by atoms with Crippen LogP contribution in [0.2, 0.25) is 0 Å². The maximum atomic E-state index is 5.44. The third kappa shape index (κ3) is 4.42. The Balaban J connectivity index is 2.39. The zero-order chi connectivity index (χ0) is 12.0. The molecule has 0 aromatic carbocycles. The van der Waals surface area contributed by atoms with Crippen molar-refractivity contribution in [1.82, 2.24) is 5.32 Å². The Hall–Kier alpha value is -0.0800. The zero-order valence-corrected chi connectivity index (χ0v) is 11.5. The fourth-order valence-corrected chi connectivity index (χ4v) is 2.90. The van der Waals surface area contributed by atoms with Crippen LogP contribution in [0.1, 0.15) is 52.9 Å². The quantitative estimate of drug-likeness (QED) is 0.721. The van der Waals surface area contributed by atoms with Gasteiger partial charge >= 0.3 is 0 Å². The molecule has 0 saturated heterocycles. The minimum Gasteiger partial charge on any atom is -0.382 e. The minimum atomic E-state index is 0.402. The van der Waals surface area contributed by atoms with Crippen LogP contribution in [-0.2, 0) is 4.74 Å². The Labute approximate surface area is 101 Å². The van der Waals surface area contributed by atoms with Crippen LogP contribution in [0.25, 0.3) is 0 Å². The van der Waals surface area contributed by atoms with Crippen molar-refractivity contribution >= 4 is 0 Å². The molecular weight excluding hydrogens is 198 g/mol. The summed E-state index contributed by atoms with van der Waals surface area (Å²) in [6, 6.07) is 0. The SMILES string of the molecule is COC(C)CC1(CNCC(C)C)CCCC1. The third-order valence-electron chi connectivity index (χ3n) is 3.84. The van der Waals surface area contributed by atoms with Crippen LogP contribution in [0.3, 0.4) is 0 Å². The standard InChI is InChI=1S/C14H29NO/c1-12(2)10-15-11-14(7-5-6-8-14)9-13(3)16-4/h12-13,15H,5-11H2,1-4H3. The normalized spacial score (nSPS) is 21.6. The maximum absolute atomic E-state index is 5.44. The van der Waals surface area contributed by atoms with Crippen LogP contribution in [0.5, 0.6) is 0 Å². The van der Waals surface area contributed by atoms with E-state index in [2.05, 4.69) is 26.1 Å². The van der Waals surface area contributed by atoms with E-state index in [-0.39, 0.29) is 0 Å². The van der Waals surface area contributed by atoms with Crippen molar-refractivity contribution in [2.24, 2.45) is 11.3 Å². The van der Waals surface area contributed by atoms with Crippen LogP contribution in [0, 0.1) is 11.3 Å². The number of rotatable bonds is 7. The number of methoxy groups -OCH3 is 1. The first-order valence-corrected chi connectivity index (χ1v) is 6.81. The molecule has 0 amide bonds. The van der Waals surface area contributed by atoms with Crippen LogP contribution in [0.4, 0.5) is 0 Å². The number of ether oxygens (including phenoxy) is 1. The molecule has 1 saturated carbocycles. The van der Waals surface area contributed by atoms with Gasteiger partial charge in [-0.15, -0.1) is 0 Å². The van der Waals surface area contributed by atoms with E-state index in [1.807, 2.05) is 7.11 Å². The topological polar surface area (TPSA) is 21.3 Å². The van der Waals surface area contributed by atoms with Crippen molar-refractivity contribution in [2.75, 3.05) is 20.2 Å². The summed E-state index contributed by atoms with van der Waals surface area (Å²) >= 11 is 0. The summed E-state index contributed by atoms with van der Waals surface area (Å²) in [6.07, 6.45) is 7.19. The maximum Gasteiger partial charge on any atom is 0.0549 e. The molecule has 1 rings (SSSR count). The van der Waals surface area contributed by atoms with E-state index < -0.39 is 0 Å². The van der Waals surface area contributed by atoms with E-state index in [0.29, 0.717) is 11.5 Å². The fraction of sp³-hybridized carbons (Fsp3) is 1.00. The Bertz CT molecular complexity index is 185. The Morgan fingerprint density at radius 1 is 1.19 bits per heavy atom. The van der Waals surface area contributed by atoms with E-state index in [1.54, 1.807) is 0 Å². The van der Waals surface area contributed by atoms with Gasteiger partial charge in [-0.1, -0.05) is 26.7 Å². The molecule has 16 heavy (non-hydrogen) atoms. The first kappa shape index (κ1) is 14.0. The second-order valence-electron chi connectivity index (χ2n) is 5.98. The van der Waals surface area contributed by atoms with Gasteiger partial charge in [0.15, 0.2) is 0 Å². The molecule has 0 radical (unpaired) electrons. The molecule has 0 aromatic rings. The van der Waals surface area contributed by atoms with Gasteiger partial charge in [0.1, 0.15) is 0 Å². The first-order chi connectivity index (χ1) is 7.58. The van der Waals surface area contributed by atoms with Gasteiger partial charge < -0.3 is 10.1 Å². The average Bonchev–Trinajstić information content (AvgIpc) is 2.66. The van der Waals surface area contributed by atoms with Crippen molar-refractivity contribution in [3.63, 3.8) is 0 Å². The van der Waals surface area contributed by atoms with Gasteiger partial charge in [0.2, 0.25) is 0 Å². The predicted molar refractivity (Wildman–Crippen MR) is 69.7 cm³/mol. The van der Waals surface area contributed by atoms with E-state index in [4.69, 9.17) is 4.74 Å². The van der Waals surface area contributed by atoms with E-state index in [1.165, 1.54) is 38.6 Å². The van der Waals surface area contributed by atoms with Crippen molar-refractivity contribution in [3.05, 3.63) is 0 Å². The van der Waals surface area contributed by atoms with Crippen molar-refractivity contribution < 1.29 is 4.74 Å². The molecule has 1 aliphatic rings. The fourth-order valence-electron chi connectivity index (χ4n) is 2.90. The summed E-state index contributed by atoms with van der Waals surface area (Å²) in [7, 11) is 1.83. The smallest absolute Gasteiger partial charge is 0.0549 e. The van der Waals surface area contributed by atoms with Gasteiger partial charge in [0, 0.05) is 13.7 Å². The molecule has 1 atom stereocenters. The van der Waals surface area contributed by atoms with Gasteiger partial charge in [0.05, 0.1) is 6.10 Å². The first-order valence-electron chi connectivity index (χ1n) is 6.81. The van der Waals surface area contributed by atoms with Crippen LogP contribution >= 0.6 is 0 Å². The van der Waals surface area contributed by atoms with Crippen molar-refractivity contribution in [1.29, 1.82) is 0 Å². The van der Waals surface area contributed by atoms with E-state index in [9.17, 15) is 0 Å². The molecule has 0 aliphatic heterocycles. The van der Waals surface area contributed by atoms with Gasteiger partial charge in [-0.2, -0.15) is 0 Å².